The highest BCUT2D eigenvalue weighted by Crippen LogP contribution is 2.13. The van der Waals surface area contributed by atoms with E-state index in [1.807, 2.05) is 0 Å². The highest BCUT2D eigenvalue weighted by atomic mass is 16.6. The molecular formula is C13H18O6. The van der Waals surface area contributed by atoms with Gasteiger partial charge in [0.05, 0.1) is 0 Å². The number of esters is 3. The van der Waals surface area contributed by atoms with Crippen molar-refractivity contribution in [2.75, 3.05) is 6.61 Å². The molecule has 0 aromatic rings. The van der Waals surface area contributed by atoms with Gasteiger partial charge in [0.2, 0.25) is 0 Å². The Kier molecular flexibility index (Phi) is 5.09. The van der Waals surface area contributed by atoms with Crippen LogP contribution in [0.5, 0.6) is 0 Å². The summed E-state index contributed by atoms with van der Waals surface area (Å²) in [5.74, 6) is -1.57. The first-order valence-corrected chi connectivity index (χ1v) is 6.03. The first-order chi connectivity index (χ1) is 8.76. The SMILES string of the molecule is CC(C)(C)OC(=O)/C=C/C(=O)OCC1CCC(=O)O1. The Hall–Kier alpha value is -1.85. The normalized spacial score (nSPS) is 19.3. The zero-order valence-corrected chi connectivity index (χ0v) is 11.3. The number of hydrogen-bond acceptors (Lipinski definition) is 6. The molecule has 1 saturated heterocycles. The van der Waals surface area contributed by atoms with Crippen LogP contribution in [0.3, 0.4) is 0 Å². The van der Waals surface area contributed by atoms with Crippen LogP contribution in [0.15, 0.2) is 12.2 Å². The fourth-order valence-corrected chi connectivity index (χ4v) is 1.40. The van der Waals surface area contributed by atoms with Crippen LogP contribution >= 0.6 is 0 Å². The van der Waals surface area contributed by atoms with Gasteiger partial charge in [-0.2, -0.15) is 0 Å². The van der Waals surface area contributed by atoms with Crippen molar-refractivity contribution >= 4 is 17.9 Å². The van der Waals surface area contributed by atoms with Gasteiger partial charge in [-0.25, -0.2) is 9.59 Å². The van der Waals surface area contributed by atoms with Gasteiger partial charge in [-0.1, -0.05) is 0 Å². The van der Waals surface area contributed by atoms with E-state index in [0.717, 1.165) is 12.2 Å². The molecule has 19 heavy (non-hydrogen) atoms. The molecule has 1 fully saturated rings. The van der Waals surface area contributed by atoms with E-state index in [2.05, 4.69) is 0 Å². The first-order valence-electron chi connectivity index (χ1n) is 6.03. The van der Waals surface area contributed by atoms with Crippen LogP contribution in [-0.4, -0.2) is 36.2 Å². The zero-order valence-electron chi connectivity index (χ0n) is 11.3. The average Bonchev–Trinajstić information content (AvgIpc) is 2.67. The molecule has 0 bridgehead atoms. The van der Waals surface area contributed by atoms with Crippen LogP contribution in [0.2, 0.25) is 0 Å². The molecule has 6 nitrogen and oxygen atoms in total. The van der Waals surface area contributed by atoms with Gasteiger partial charge >= 0.3 is 17.9 Å². The molecule has 106 valence electrons. The van der Waals surface area contributed by atoms with E-state index in [4.69, 9.17) is 14.2 Å². The Morgan fingerprint density at radius 3 is 2.47 bits per heavy atom. The molecule has 0 saturated carbocycles. The van der Waals surface area contributed by atoms with Crippen molar-refractivity contribution in [2.45, 2.75) is 45.3 Å². The minimum absolute atomic E-state index is 0.00321. The fraction of sp³-hybridized carbons (Fsp3) is 0.615. The molecule has 1 heterocycles. The lowest BCUT2D eigenvalue weighted by Crippen LogP contribution is -2.23. The van der Waals surface area contributed by atoms with E-state index in [0.29, 0.717) is 12.8 Å². The molecular weight excluding hydrogens is 252 g/mol. The van der Waals surface area contributed by atoms with Crippen LogP contribution in [-0.2, 0) is 28.6 Å². The zero-order chi connectivity index (χ0) is 14.5. The van der Waals surface area contributed by atoms with Crippen molar-refractivity contribution in [3.8, 4) is 0 Å². The number of rotatable bonds is 4. The molecule has 0 radical (unpaired) electrons. The van der Waals surface area contributed by atoms with Crippen molar-refractivity contribution in [1.82, 2.24) is 0 Å². The molecule has 1 atom stereocenters. The molecule has 1 aliphatic heterocycles. The van der Waals surface area contributed by atoms with Crippen LogP contribution in [0.1, 0.15) is 33.6 Å². The number of carbonyl (C=O) groups excluding carboxylic acids is 3. The molecule has 1 rings (SSSR count). The maximum Gasteiger partial charge on any atom is 0.331 e. The quantitative estimate of drug-likeness (QED) is 0.433. The average molecular weight is 270 g/mol. The Balaban J connectivity index is 2.27. The second kappa shape index (κ2) is 6.36. The van der Waals surface area contributed by atoms with Crippen molar-refractivity contribution < 1.29 is 28.6 Å². The van der Waals surface area contributed by atoms with E-state index in [1.54, 1.807) is 20.8 Å². The predicted molar refractivity (Wildman–Crippen MR) is 65.1 cm³/mol. The Labute approximate surface area is 111 Å². The van der Waals surface area contributed by atoms with E-state index in [-0.39, 0.29) is 18.7 Å². The largest absolute Gasteiger partial charge is 0.459 e. The summed E-state index contributed by atoms with van der Waals surface area (Å²) in [5, 5.41) is 0. The third-order valence-corrected chi connectivity index (χ3v) is 2.14. The van der Waals surface area contributed by atoms with E-state index >= 15 is 0 Å². The topological polar surface area (TPSA) is 78.9 Å². The van der Waals surface area contributed by atoms with Crippen molar-refractivity contribution in [2.24, 2.45) is 0 Å². The highest BCUT2D eigenvalue weighted by molar-refractivity contribution is 5.91. The molecule has 0 spiro atoms. The Morgan fingerprint density at radius 2 is 1.95 bits per heavy atom. The van der Waals surface area contributed by atoms with Gasteiger partial charge < -0.3 is 14.2 Å². The summed E-state index contributed by atoms with van der Waals surface area (Å²) in [5.41, 5.74) is -0.608. The lowest BCUT2D eigenvalue weighted by Gasteiger charge is -2.17. The summed E-state index contributed by atoms with van der Waals surface area (Å²) < 4.78 is 14.7. The third-order valence-electron chi connectivity index (χ3n) is 2.14. The van der Waals surface area contributed by atoms with Gasteiger partial charge in [0, 0.05) is 18.6 Å². The summed E-state index contributed by atoms with van der Waals surface area (Å²) in [6.07, 6.45) is 2.50. The lowest BCUT2D eigenvalue weighted by molar-refractivity contribution is -0.150. The summed E-state index contributed by atoms with van der Waals surface area (Å²) in [6.45, 7) is 5.19. The van der Waals surface area contributed by atoms with Crippen molar-refractivity contribution in [3.05, 3.63) is 12.2 Å². The minimum Gasteiger partial charge on any atom is -0.459 e. The standard InChI is InChI=1S/C13H18O6/c1-13(2,3)19-12(16)7-6-10(14)17-8-9-4-5-11(15)18-9/h6-7,9H,4-5,8H2,1-3H3/b7-6+. The van der Waals surface area contributed by atoms with Gasteiger partial charge in [-0.15, -0.1) is 0 Å². The maximum atomic E-state index is 11.3. The smallest absolute Gasteiger partial charge is 0.331 e. The van der Waals surface area contributed by atoms with E-state index in [9.17, 15) is 14.4 Å². The third kappa shape index (κ3) is 6.59. The molecule has 6 heteroatoms. The summed E-state index contributed by atoms with van der Waals surface area (Å²) in [6, 6.07) is 0. The summed E-state index contributed by atoms with van der Waals surface area (Å²) in [7, 11) is 0. The lowest BCUT2D eigenvalue weighted by atomic mass is 10.2. The van der Waals surface area contributed by atoms with Crippen molar-refractivity contribution in [3.63, 3.8) is 0 Å². The van der Waals surface area contributed by atoms with Gasteiger partial charge in [-0.3, -0.25) is 4.79 Å². The fourth-order valence-electron chi connectivity index (χ4n) is 1.40. The van der Waals surface area contributed by atoms with Crippen LogP contribution in [0.25, 0.3) is 0 Å². The van der Waals surface area contributed by atoms with E-state index < -0.39 is 17.5 Å². The summed E-state index contributed by atoms with van der Waals surface area (Å²) in [4.78, 5) is 33.4. The number of hydrogen-bond donors (Lipinski definition) is 0. The molecule has 1 unspecified atom stereocenters. The second-order valence-electron chi connectivity index (χ2n) is 5.15. The number of ether oxygens (including phenoxy) is 3. The molecule has 1 aliphatic rings. The van der Waals surface area contributed by atoms with Gasteiger partial charge in [0.25, 0.3) is 0 Å². The summed E-state index contributed by atoms with van der Waals surface area (Å²) >= 11 is 0. The maximum absolute atomic E-state index is 11.3. The van der Waals surface area contributed by atoms with Crippen molar-refractivity contribution in [1.29, 1.82) is 0 Å². The number of cyclic esters (lactones) is 1. The van der Waals surface area contributed by atoms with E-state index in [1.165, 1.54) is 0 Å². The molecule has 0 amide bonds. The second-order valence-corrected chi connectivity index (χ2v) is 5.15. The minimum atomic E-state index is -0.672. The molecule has 0 aromatic carbocycles. The van der Waals surface area contributed by atoms with Crippen LogP contribution < -0.4 is 0 Å². The van der Waals surface area contributed by atoms with Crippen LogP contribution in [0, 0.1) is 0 Å². The monoisotopic (exact) mass is 270 g/mol. The highest BCUT2D eigenvalue weighted by Gasteiger charge is 2.24. The van der Waals surface area contributed by atoms with Gasteiger partial charge in [-0.05, 0) is 27.2 Å². The van der Waals surface area contributed by atoms with Gasteiger partial charge in [0.15, 0.2) is 0 Å². The number of carbonyl (C=O) groups is 3. The Morgan fingerprint density at radius 1 is 1.32 bits per heavy atom. The van der Waals surface area contributed by atoms with Crippen LogP contribution in [0.4, 0.5) is 0 Å². The molecule has 0 N–H and O–H groups in total. The van der Waals surface area contributed by atoms with Gasteiger partial charge in [0.1, 0.15) is 18.3 Å². The Bertz CT molecular complexity index is 390. The molecule has 0 aliphatic carbocycles. The molecule has 0 aromatic heterocycles. The predicted octanol–water partition coefficient (Wildman–Crippen LogP) is 1.13. The first kappa shape index (κ1) is 15.2.